The number of hydrogen-bond acceptors (Lipinski definition) is 6. The Morgan fingerprint density at radius 2 is 1.67 bits per heavy atom. The second kappa shape index (κ2) is 9.28. The molecule has 0 spiro atoms. The fourth-order valence-corrected chi connectivity index (χ4v) is 2.27. The average molecular weight is 372 g/mol. The number of carboxylic acids is 1. The maximum atomic E-state index is 12.5. The predicted octanol–water partition coefficient (Wildman–Crippen LogP) is 3.42. The summed E-state index contributed by atoms with van der Waals surface area (Å²) in [5.74, 6) is -0.185. The summed E-state index contributed by atoms with van der Waals surface area (Å²) in [6, 6.07) is 9.46. The van der Waals surface area contributed by atoms with Crippen molar-refractivity contribution in [3.05, 3.63) is 53.6 Å². The molecular formula is C20H20O7. The summed E-state index contributed by atoms with van der Waals surface area (Å²) < 4.78 is 21.3. The first-order valence-electron chi connectivity index (χ1n) is 8.10. The second-order valence-corrected chi connectivity index (χ2v) is 5.27. The molecule has 0 aliphatic heterocycles. The summed E-state index contributed by atoms with van der Waals surface area (Å²) in [6.45, 7) is 2.15. The summed E-state index contributed by atoms with van der Waals surface area (Å²) in [6.07, 6.45) is 2.44. The number of hydrogen-bond donors (Lipinski definition) is 1. The Hall–Kier alpha value is -3.48. The first-order chi connectivity index (χ1) is 13.0. The molecule has 142 valence electrons. The summed E-state index contributed by atoms with van der Waals surface area (Å²) in [4.78, 5) is 23.1. The number of carbonyl (C=O) groups is 2. The number of carbonyl (C=O) groups excluding carboxylic acids is 1. The van der Waals surface area contributed by atoms with Gasteiger partial charge < -0.3 is 24.1 Å². The van der Waals surface area contributed by atoms with E-state index in [-0.39, 0.29) is 11.3 Å². The van der Waals surface area contributed by atoms with Crippen LogP contribution in [0.2, 0.25) is 0 Å². The molecule has 0 aliphatic carbocycles. The number of rotatable bonds is 8. The molecule has 0 bridgehead atoms. The minimum atomic E-state index is -1.06. The SMILES string of the molecule is CCOc1cc(/C=C/C(=O)O)ccc1OC(=O)c1ccc(OC)c(OC)c1. The summed E-state index contributed by atoms with van der Waals surface area (Å²) in [5.41, 5.74) is 0.886. The van der Waals surface area contributed by atoms with Gasteiger partial charge in [0.15, 0.2) is 23.0 Å². The molecule has 0 unspecified atom stereocenters. The lowest BCUT2D eigenvalue weighted by Crippen LogP contribution is -2.10. The fourth-order valence-electron chi connectivity index (χ4n) is 2.27. The zero-order valence-corrected chi connectivity index (χ0v) is 15.2. The maximum absolute atomic E-state index is 12.5. The third-order valence-electron chi connectivity index (χ3n) is 3.51. The van der Waals surface area contributed by atoms with Gasteiger partial charge in [0.25, 0.3) is 0 Å². The molecule has 2 aromatic rings. The van der Waals surface area contributed by atoms with Crippen molar-refractivity contribution in [2.45, 2.75) is 6.92 Å². The molecule has 0 saturated carbocycles. The molecule has 0 aromatic heterocycles. The van der Waals surface area contributed by atoms with Crippen molar-refractivity contribution in [3.8, 4) is 23.0 Å². The van der Waals surface area contributed by atoms with Crippen LogP contribution in [0.5, 0.6) is 23.0 Å². The Bertz CT molecular complexity index is 855. The van der Waals surface area contributed by atoms with Gasteiger partial charge in [0.2, 0.25) is 0 Å². The van der Waals surface area contributed by atoms with E-state index >= 15 is 0 Å². The molecule has 2 aromatic carbocycles. The standard InChI is InChI=1S/C20H20O7/c1-4-26-18-11-13(6-10-19(21)22)5-8-16(18)27-20(23)14-7-9-15(24-2)17(12-14)25-3/h5-12H,4H2,1-3H3,(H,21,22)/b10-6+. The monoisotopic (exact) mass is 372 g/mol. The highest BCUT2D eigenvalue weighted by molar-refractivity contribution is 5.92. The average Bonchev–Trinajstić information content (AvgIpc) is 2.67. The topological polar surface area (TPSA) is 91.3 Å². The number of methoxy groups -OCH3 is 2. The molecule has 0 amide bonds. The van der Waals surface area contributed by atoms with Gasteiger partial charge in [-0.05, 0) is 48.9 Å². The molecule has 27 heavy (non-hydrogen) atoms. The van der Waals surface area contributed by atoms with E-state index in [1.165, 1.54) is 26.4 Å². The zero-order valence-electron chi connectivity index (χ0n) is 15.2. The number of benzene rings is 2. The Labute approximate surface area is 156 Å². The highest BCUT2D eigenvalue weighted by atomic mass is 16.6. The summed E-state index contributed by atoms with van der Waals surface area (Å²) in [7, 11) is 2.98. The van der Waals surface area contributed by atoms with Crippen molar-refractivity contribution >= 4 is 18.0 Å². The van der Waals surface area contributed by atoms with E-state index in [4.69, 9.17) is 24.1 Å². The molecule has 1 N–H and O–H groups in total. The van der Waals surface area contributed by atoms with E-state index in [1.54, 1.807) is 37.3 Å². The smallest absolute Gasteiger partial charge is 0.343 e. The lowest BCUT2D eigenvalue weighted by Gasteiger charge is -2.12. The van der Waals surface area contributed by atoms with Crippen molar-refractivity contribution < 1.29 is 33.6 Å². The first kappa shape index (κ1) is 19.8. The Kier molecular flexibility index (Phi) is 6.82. The lowest BCUT2D eigenvalue weighted by atomic mass is 10.1. The molecule has 0 heterocycles. The molecule has 7 nitrogen and oxygen atoms in total. The van der Waals surface area contributed by atoms with Gasteiger partial charge in [-0.15, -0.1) is 0 Å². The second-order valence-electron chi connectivity index (χ2n) is 5.27. The molecule has 0 aliphatic rings. The van der Waals surface area contributed by atoms with Gasteiger partial charge in [-0.25, -0.2) is 9.59 Å². The van der Waals surface area contributed by atoms with Crippen LogP contribution in [0.1, 0.15) is 22.8 Å². The Morgan fingerprint density at radius 3 is 2.30 bits per heavy atom. The van der Waals surface area contributed by atoms with Gasteiger partial charge in [-0.3, -0.25) is 0 Å². The third-order valence-corrected chi connectivity index (χ3v) is 3.51. The van der Waals surface area contributed by atoms with E-state index in [0.717, 1.165) is 6.08 Å². The zero-order chi connectivity index (χ0) is 19.8. The third kappa shape index (κ3) is 5.24. The van der Waals surface area contributed by atoms with Crippen LogP contribution in [0.3, 0.4) is 0 Å². The predicted molar refractivity (Wildman–Crippen MR) is 98.8 cm³/mol. The van der Waals surface area contributed by atoms with Crippen LogP contribution in [0.25, 0.3) is 6.08 Å². The van der Waals surface area contributed by atoms with E-state index in [2.05, 4.69) is 0 Å². The normalized spacial score (nSPS) is 10.5. The molecule has 0 saturated heterocycles. The van der Waals surface area contributed by atoms with Gasteiger partial charge in [-0.2, -0.15) is 0 Å². The molecule has 2 rings (SSSR count). The van der Waals surface area contributed by atoms with Crippen LogP contribution in [0.4, 0.5) is 0 Å². The molecule has 7 heteroatoms. The lowest BCUT2D eigenvalue weighted by molar-refractivity contribution is -0.131. The largest absolute Gasteiger partial charge is 0.493 e. The van der Waals surface area contributed by atoms with Gasteiger partial charge in [0, 0.05) is 6.08 Å². The fraction of sp³-hybridized carbons (Fsp3) is 0.200. The molecule has 0 fully saturated rings. The van der Waals surface area contributed by atoms with E-state index in [1.807, 2.05) is 0 Å². The van der Waals surface area contributed by atoms with Crippen LogP contribution < -0.4 is 18.9 Å². The summed E-state index contributed by atoms with van der Waals surface area (Å²) >= 11 is 0. The van der Waals surface area contributed by atoms with Gasteiger partial charge in [-0.1, -0.05) is 6.07 Å². The van der Waals surface area contributed by atoms with Crippen LogP contribution in [0.15, 0.2) is 42.5 Å². The molecule has 0 radical (unpaired) electrons. The van der Waals surface area contributed by atoms with Crippen molar-refractivity contribution in [2.75, 3.05) is 20.8 Å². The first-order valence-corrected chi connectivity index (χ1v) is 8.10. The summed E-state index contributed by atoms with van der Waals surface area (Å²) in [5, 5.41) is 8.72. The van der Waals surface area contributed by atoms with E-state index in [0.29, 0.717) is 29.4 Å². The Morgan fingerprint density at radius 1 is 0.963 bits per heavy atom. The van der Waals surface area contributed by atoms with Crippen molar-refractivity contribution in [1.29, 1.82) is 0 Å². The number of carboxylic acid groups (broad SMARTS) is 1. The van der Waals surface area contributed by atoms with Crippen LogP contribution >= 0.6 is 0 Å². The van der Waals surface area contributed by atoms with Crippen molar-refractivity contribution in [2.24, 2.45) is 0 Å². The van der Waals surface area contributed by atoms with Crippen LogP contribution in [-0.4, -0.2) is 37.9 Å². The number of aliphatic carboxylic acids is 1. The van der Waals surface area contributed by atoms with Crippen molar-refractivity contribution in [3.63, 3.8) is 0 Å². The van der Waals surface area contributed by atoms with Gasteiger partial charge >= 0.3 is 11.9 Å². The molecule has 0 atom stereocenters. The molecular weight excluding hydrogens is 352 g/mol. The highest BCUT2D eigenvalue weighted by Gasteiger charge is 2.15. The quantitative estimate of drug-likeness (QED) is 0.431. The van der Waals surface area contributed by atoms with Crippen molar-refractivity contribution in [1.82, 2.24) is 0 Å². The minimum absolute atomic E-state index is 0.226. The Balaban J connectivity index is 2.27. The van der Waals surface area contributed by atoms with E-state index < -0.39 is 11.9 Å². The minimum Gasteiger partial charge on any atom is -0.493 e. The maximum Gasteiger partial charge on any atom is 0.343 e. The van der Waals surface area contributed by atoms with E-state index in [9.17, 15) is 9.59 Å². The van der Waals surface area contributed by atoms with Crippen LogP contribution in [0, 0.1) is 0 Å². The number of esters is 1. The van der Waals surface area contributed by atoms with Gasteiger partial charge in [0.05, 0.1) is 26.4 Å². The van der Waals surface area contributed by atoms with Crippen LogP contribution in [-0.2, 0) is 4.79 Å². The van der Waals surface area contributed by atoms with Gasteiger partial charge in [0.1, 0.15) is 0 Å². The highest BCUT2D eigenvalue weighted by Crippen LogP contribution is 2.31. The number of ether oxygens (including phenoxy) is 4.